The fourth-order valence-corrected chi connectivity index (χ4v) is 8.02. The number of nitrogens with two attached hydrogens (primary N) is 1. The second-order valence-electron chi connectivity index (χ2n) is 10.3. The highest BCUT2D eigenvalue weighted by Crippen LogP contribution is 2.31. The number of nitrogens with one attached hydrogen (secondary N) is 3. The summed E-state index contributed by atoms with van der Waals surface area (Å²) in [6.07, 6.45) is 2.12. The summed E-state index contributed by atoms with van der Waals surface area (Å²) in [5.74, 6) is -1.23. The maximum Gasteiger partial charge on any atom is 0.270 e. The van der Waals surface area contributed by atoms with E-state index in [1.165, 1.54) is 0 Å². The van der Waals surface area contributed by atoms with Gasteiger partial charge in [0.2, 0.25) is 17.7 Å². The van der Waals surface area contributed by atoms with Crippen LogP contribution in [-0.2, 0) is 14.4 Å². The number of primary amides is 1. The van der Waals surface area contributed by atoms with E-state index in [-0.39, 0.29) is 24.2 Å². The normalized spacial score (nSPS) is 22.5. The van der Waals surface area contributed by atoms with E-state index < -0.39 is 32.0 Å². The van der Waals surface area contributed by atoms with Crippen LogP contribution in [0.1, 0.15) is 29.8 Å². The van der Waals surface area contributed by atoms with Gasteiger partial charge < -0.3 is 31.0 Å². The van der Waals surface area contributed by atoms with Gasteiger partial charge in [0.1, 0.15) is 23.5 Å². The van der Waals surface area contributed by atoms with Gasteiger partial charge in [-0.15, -0.1) is 0 Å². The Morgan fingerprint density at radius 1 is 1.31 bits per heavy atom. The highest BCUT2D eigenvalue weighted by Gasteiger charge is 2.46. The third kappa shape index (κ3) is 5.19. The van der Waals surface area contributed by atoms with Crippen LogP contribution in [0.4, 0.5) is 0 Å². The Hall–Kier alpha value is -3.34. The number of H-pyrrole nitrogens is 1. The van der Waals surface area contributed by atoms with Gasteiger partial charge in [-0.1, -0.05) is 19.2 Å². The van der Waals surface area contributed by atoms with Gasteiger partial charge >= 0.3 is 0 Å². The van der Waals surface area contributed by atoms with Crippen molar-refractivity contribution in [1.29, 1.82) is 0 Å². The Kier molecular flexibility index (Phi) is 6.88. The maximum absolute atomic E-state index is 13.5. The number of aromatic nitrogens is 1. The van der Waals surface area contributed by atoms with Crippen LogP contribution < -0.4 is 21.1 Å². The number of carbonyl (C=O) groups is 4. The zero-order valence-corrected chi connectivity index (χ0v) is 21.3. The smallest absolute Gasteiger partial charge is 0.270 e. The minimum Gasteiger partial charge on any atom is -0.496 e. The molecule has 188 valence electrons. The lowest BCUT2D eigenvalue weighted by molar-refractivity contribution is -0.132. The highest BCUT2D eigenvalue weighted by atomic mass is 28.3. The monoisotopic (exact) mass is 499 g/mol. The summed E-state index contributed by atoms with van der Waals surface area (Å²) in [7, 11) is -0.314. The Morgan fingerprint density at radius 2 is 2.09 bits per heavy atom. The van der Waals surface area contributed by atoms with Crippen LogP contribution in [0.15, 0.2) is 24.3 Å². The van der Waals surface area contributed by atoms with Crippen molar-refractivity contribution >= 4 is 42.6 Å². The van der Waals surface area contributed by atoms with Crippen LogP contribution in [0.3, 0.4) is 0 Å². The molecule has 4 amide bonds. The van der Waals surface area contributed by atoms with E-state index in [9.17, 15) is 19.2 Å². The number of nitrogens with zero attached hydrogens (tertiary/aromatic N) is 1. The molecule has 2 aromatic rings. The van der Waals surface area contributed by atoms with E-state index in [1.54, 1.807) is 18.1 Å². The second-order valence-corrected chi connectivity index (χ2v) is 15.3. The number of fused-ring (bicyclic) bond motifs is 1. The fraction of sp³-hybridized carbons (Fsp3) is 0.500. The molecule has 35 heavy (non-hydrogen) atoms. The summed E-state index contributed by atoms with van der Waals surface area (Å²) in [5, 5.41) is 6.33. The molecular weight excluding hydrogens is 466 g/mol. The summed E-state index contributed by atoms with van der Waals surface area (Å²) in [6, 6.07) is 6.15. The van der Waals surface area contributed by atoms with Crippen molar-refractivity contribution in [2.45, 2.75) is 50.5 Å². The van der Waals surface area contributed by atoms with Crippen molar-refractivity contribution in [3.63, 3.8) is 0 Å². The zero-order chi connectivity index (χ0) is 25.3. The van der Waals surface area contributed by atoms with E-state index >= 15 is 0 Å². The van der Waals surface area contributed by atoms with Crippen LogP contribution in [0.2, 0.25) is 19.1 Å². The number of hydrogen-bond donors (Lipinski definition) is 4. The lowest BCUT2D eigenvalue weighted by Gasteiger charge is -2.28. The van der Waals surface area contributed by atoms with Gasteiger partial charge in [-0.2, -0.15) is 0 Å². The number of methoxy groups -OCH3 is 1. The van der Waals surface area contributed by atoms with Crippen LogP contribution in [0, 0.1) is 5.92 Å². The summed E-state index contributed by atoms with van der Waals surface area (Å²) in [4.78, 5) is 56.0. The summed E-state index contributed by atoms with van der Waals surface area (Å²) in [5.41, 5.74) is 6.72. The standard InChI is InChI=1S/C24H33N5O5Si/c1-34-20-8-4-7-16-15(20)11-18(27-16)24(33)29-13-35(2,3)12-19(29)23(32)28-17(21(25)30)10-14-6-5-9-26-22(14)31/h4,7-8,11,14,17,19,27H,5-6,9-10,12-13H2,1-3H3,(H2,25,30)(H,26,31)(H,28,32)/t14-,17-,19-/m0/s1. The molecule has 3 heterocycles. The predicted octanol–water partition coefficient (Wildman–Crippen LogP) is 1.13. The molecule has 2 aliphatic rings. The Labute approximate surface area is 204 Å². The Balaban J connectivity index is 1.54. The van der Waals surface area contributed by atoms with Gasteiger partial charge in [-0.25, -0.2) is 0 Å². The molecule has 4 rings (SSSR count). The molecule has 0 spiro atoms. The van der Waals surface area contributed by atoms with Gasteiger partial charge in [0.25, 0.3) is 5.91 Å². The van der Waals surface area contributed by atoms with Crippen molar-refractivity contribution in [3.8, 4) is 5.75 Å². The van der Waals surface area contributed by atoms with Crippen LogP contribution in [0.25, 0.3) is 10.9 Å². The molecule has 2 fully saturated rings. The first-order valence-corrected chi connectivity index (χ1v) is 15.3. The molecule has 2 aliphatic heterocycles. The van der Waals surface area contributed by atoms with Gasteiger partial charge in [0, 0.05) is 29.5 Å². The minimum absolute atomic E-state index is 0.128. The lowest BCUT2D eigenvalue weighted by Crippen LogP contribution is -2.53. The Bertz CT molecular complexity index is 1160. The van der Waals surface area contributed by atoms with Gasteiger partial charge in [-0.3, -0.25) is 19.2 Å². The lowest BCUT2D eigenvalue weighted by atomic mass is 9.91. The van der Waals surface area contributed by atoms with Crippen LogP contribution >= 0.6 is 0 Å². The van der Waals surface area contributed by atoms with Crippen molar-refractivity contribution in [2.24, 2.45) is 11.7 Å². The number of amides is 4. The molecule has 10 nitrogen and oxygen atoms in total. The topological polar surface area (TPSA) is 147 Å². The van der Waals surface area contributed by atoms with Crippen molar-refractivity contribution in [3.05, 3.63) is 30.0 Å². The molecule has 1 aromatic heterocycles. The first-order valence-electron chi connectivity index (χ1n) is 11.9. The molecular formula is C24H33N5O5Si. The first kappa shape index (κ1) is 24.8. The number of carbonyl (C=O) groups excluding carboxylic acids is 4. The molecule has 2 saturated heterocycles. The number of hydrogen-bond acceptors (Lipinski definition) is 5. The summed E-state index contributed by atoms with van der Waals surface area (Å²) < 4.78 is 5.40. The number of aromatic amines is 1. The molecule has 0 aliphatic carbocycles. The van der Waals surface area contributed by atoms with Gasteiger partial charge in [-0.05, 0) is 43.5 Å². The molecule has 0 bridgehead atoms. The quantitative estimate of drug-likeness (QED) is 0.422. The molecule has 5 N–H and O–H groups in total. The van der Waals surface area contributed by atoms with E-state index in [2.05, 4.69) is 28.7 Å². The summed E-state index contributed by atoms with van der Waals surface area (Å²) >= 11 is 0. The molecule has 0 radical (unpaired) electrons. The molecule has 11 heteroatoms. The highest BCUT2D eigenvalue weighted by molar-refractivity contribution is 6.79. The van der Waals surface area contributed by atoms with Crippen molar-refractivity contribution in [2.75, 3.05) is 19.8 Å². The van der Waals surface area contributed by atoms with E-state index in [0.717, 1.165) is 17.3 Å². The Morgan fingerprint density at radius 3 is 2.77 bits per heavy atom. The van der Waals surface area contributed by atoms with Gasteiger partial charge in [0.15, 0.2) is 0 Å². The second kappa shape index (κ2) is 9.72. The van der Waals surface area contributed by atoms with E-state index in [4.69, 9.17) is 10.5 Å². The van der Waals surface area contributed by atoms with Gasteiger partial charge in [0.05, 0.1) is 15.2 Å². The number of piperidine rings is 1. The average Bonchev–Trinajstić information content (AvgIpc) is 3.39. The molecule has 0 saturated carbocycles. The summed E-state index contributed by atoms with van der Waals surface area (Å²) in [6.45, 7) is 4.88. The number of rotatable bonds is 7. The van der Waals surface area contributed by atoms with Crippen LogP contribution in [-0.4, -0.2) is 73.5 Å². The fourth-order valence-electron chi connectivity index (χ4n) is 5.15. The predicted molar refractivity (Wildman–Crippen MR) is 133 cm³/mol. The minimum atomic E-state index is -1.89. The SMILES string of the molecule is COc1cccc2[nH]c(C(=O)N3C[Si](C)(C)C[C@H]3C(=O)N[C@@H](C[C@@H]3CCCNC3=O)C(N)=O)cc12. The molecule has 0 unspecified atom stereocenters. The molecule has 3 atom stereocenters. The zero-order valence-electron chi connectivity index (χ0n) is 20.3. The van der Waals surface area contributed by atoms with E-state index in [0.29, 0.717) is 36.6 Å². The van der Waals surface area contributed by atoms with E-state index in [1.807, 2.05) is 18.2 Å². The number of benzene rings is 1. The largest absolute Gasteiger partial charge is 0.496 e. The first-order chi connectivity index (χ1) is 16.6. The third-order valence-corrected chi connectivity index (χ3v) is 9.63. The van der Waals surface area contributed by atoms with Crippen molar-refractivity contribution in [1.82, 2.24) is 20.5 Å². The number of ether oxygens (including phenoxy) is 1. The van der Waals surface area contributed by atoms with Crippen LogP contribution in [0.5, 0.6) is 5.75 Å². The third-order valence-electron chi connectivity index (χ3n) is 6.94. The van der Waals surface area contributed by atoms with Crippen molar-refractivity contribution < 1.29 is 23.9 Å². The average molecular weight is 500 g/mol. The maximum atomic E-state index is 13.5. The molecule has 1 aromatic carbocycles.